The molecule has 1 atom stereocenters. The number of amides is 1. The summed E-state index contributed by atoms with van der Waals surface area (Å²) in [5, 5.41) is 10.2. The summed E-state index contributed by atoms with van der Waals surface area (Å²) in [7, 11) is 0. The van der Waals surface area contributed by atoms with Gasteiger partial charge in [-0.3, -0.25) is 4.90 Å². The number of rotatable bonds is 6. The van der Waals surface area contributed by atoms with E-state index in [-0.39, 0.29) is 12.7 Å². The van der Waals surface area contributed by atoms with E-state index in [1.54, 1.807) is 11.8 Å². The molecule has 1 amide bonds. The van der Waals surface area contributed by atoms with Crippen LogP contribution in [-0.4, -0.2) is 73.0 Å². The van der Waals surface area contributed by atoms with Gasteiger partial charge in [0.25, 0.3) is 0 Å². The van der Waals surface area contributed by atoms with Gasteiger partial charge in [-0.2, -0.15) is 0 Å². The van der Waals surface area contributed by atoms with Gasteiger partial charge >= 0.3 is 6.09 Å². The lowest BCUT2D eigenvalue weighted by Gasteiger charge is -2.34. The minimum absolute atomic E-state index is 0.221. The Hall–Kier alpha value is -0.830. The molecule has 1 heterocycles. The van der Waals surface area contributed by atoms with Crippen LogP contribution in [0.5, 0.6) is 5.75 Å². The van der Waals surface area contributed by atoms with Gasteiger partial charge < -0.3 is 19.5 Å². The molecule has 1 aliphatic rings. The van der Waals surface area contributed by atoms with Crippen molar-refractivity contribution in [3.8, 4) is 5.75 Å². The molecule has 6 nitrogen and oxygen atoms in total. The Balaban J connectivity index is 1.71. The Morgan fingerprint density at radius 1 is 1.29 bits per heavy atom. The molecular weight excluding hydrogens is 444 g/mol. The van der Waals surface area contributed by atoms with Crippen molar-refractivity contribution >= 4 is 38.0 Å². The van der Waals surface area contributed by atoms with E-state index < -0.39 is 6.10 Å². The topological polar surface area (TPSA) is 62.2 Å². The fourth-order valence-corrected chi connectivity index (χ4v) is 3.62. The molecule has 134 valence electrons. The third kappa shape index (κ3) is 5.91. The molecule has 0 spiro atoms. The third-order valence-corrected chi connectivity index (χ3v) is 4.81. The maximum Gasteiger partial charge on any atom is 0.409 e. The number of ether oxygens (including phenoxy) is 2. The molecule has 1 saturated heterocycles. The monoisotopic (exact) mass is 464 g/mol. The Bertz CT molecular complexity index is 551. The van der Waals surface area contributed by atoms with E-state index in [1.807, 2.05) is 18.2 Å². The number of carbonyl (C=O) groups is 1. The summed E-state index contributed by atoms with van der Waals surface area (Å²) in [6, 6.07) is 5.64. The summed E-state index contributed by atoms with van der Waals surface area (Å²) in [5.74, 6) is 0.699. The molecule has 0 bridgehead atoms. The lowest BCUT2D eigenvalue weighted by atomic mass is 10.2. The standard InChI is InChI=1S/C16H22Br2N2O4/c1-2-23-16(22)20-7-5-19(6-8-20)10-13(21)11-24-15-4-3-12(17)9-14(15)18/h3-4,9,13,21H,2,5-8,10-11H2,1H3/t13-/m1/s1. The van der Waals surface area contributed by atoms with Gasteiger partial charge in [0.2, 0.25) is 0 Å². The molecule has 1 N–H and O–H groups in total. The molecule has 0 aromatic heterocycles. The summed E-state index contributed by atoms with van der Waals surface area (Å²) >= 11 is 6.82. The van der Waals surface area contributed by atoms with Crippen LogP contribution < -0.4 is 4.74 Å². The lowest BCUT2D eigenvalue weighted by molar-refractivity contribution is 0.0406. The van der Waals surface area contributed by atoms with Crippen molar-refractivity contribution in [3.63, 3.8) is 0 Å². The Kier molecular flexibility index (Phi) is 7.80. The van der Waals surface area contributed by atoms with Gasteiger partial charge in [0, 0.05) is 37.2 Å². The van der Waals surface area contributed by atoms with Crippen molar-refractivity contribution in [2.45, 2.75) is 13.0 Å². The quantitative estimate of drug-likeness (QED) is 0.699. The molecule has 0 unspecified atom stereocenters. The fraction of sp³-hybridized carbons (Fsp3) is 0.562. The Labute approximate surface area is 159 Å². The summed E-state index contributed by atoms with van der Waals surface area (Å²) in [4.78, 5) is 15.5. The van der Waals surface area contributed by atoms with Crippen LogP contribution in [0.25, 0.3) is 0 Å². The number of benzene rings is 1. The number of piperazine rings is 1. The van der Waals surface area contributed by atoms with Gasteiger partial charge in [0.15, 0.2) is 0 Å². The molecule has 2 rings (SSSR count). The second-order valence-electron chi connectivity index (χ2n) is 5.53. The van der Waals surface area contributed by atoms with Crippen molar-refractivity contribution in [2.75, 3.05) is 45.9 Å². The van der Waals surface area contributed by atoms with Crippen LogP contribution in [0.15, 0.2) is 27.1 Å². The van der Waals surface area contributed by atoms with Crippen LogP contribution in [0.2, 0.25) is 0 Å². The zero-order valence-corrected chi connectivity index (χ0v) is 16.8. The molecule has 0 saturated carbocycles. The summed E-state index contributed by atoms with van der Waals surface area (Å²) in [6.07, 6.45) is -0.851. The minimum atomic E-state index is -0.588. The van der Waals surface area contributed by atoms with Crippen LogP contribution in [0.4, 0.5) is 4.79 Å². The van der Waals surface area contributed by atoms with Gasteiger partial charge in [0.05, 0.1) is 11.1 Å². The highest BCUT2D eigenvalue weighted by Gasteiger charge is 2.23. The number of hydrogen-bond acceptors (Lipinski definition) is 5. The van der Waals surface area contributed by atoms with Crippen molar-refractivity contribution in [1.82, 2.24) is 9.80 Å². The van der Waals surface area contributed by atoms with Gasteiger partial charge in [-0.1, -0.05) is 15.9 Å². The van der Waals surface area contributed by atoms with Crippen LogP contribution in [0, 0.1) is 0 Å². The van der Waals surface area contributed by atoms with E-state index in [4.69, 9.17) is 9.47 Å². The predicted molar refractivity (Wildman–Crippen MR) is 98.4 cm³/mol. The molecule has 1 aliphatic heterocycles. The van der Waals surface area contributed by atoms with E-state index in [9.17, 15) is 9.90 Å². The minimum Gasteiger partial charge on any atom is -0.490 e. The van der Waals surface area contributed by atoms with E-state index in [1.165, 1.54) is 0 Å². The molecule has 8 heteroatoms. The summed E-state index contributed by atoms with van der Waals surface area (Å²) < 4.78 is 12.5. The SMILES string of the molecule is CCOC(=O)N1CCN(C[C@@H](O)COc2ccc(Br)cc2Br)CC1. The van der Waals surface area contributed by atoms with Gasteiger partial charge in [-0.05, 0) is 41.1 Å². The molecule has 0 radical (unpaired) electrons. The third-order valence-electron chi connectivity index (χ3n) is 3.69. The number of carbonyl (C=O) groups excluding carboxylic acids is 1. The first kappa shape index (κ1) is 19.5. The van der Waals surface area contributed by atoms with Crippen molar-refractivity contribution in [1.29, 1.82) is 0 Å². The summed E-state index contributed by atoms with van der Waals surface area (Å²) in [6.45, 7) is 5.60. The van der Waals surface area contributed by atoms with E-state index in [0.29, 0.717) is 32.0 Å². The maximum atomic E-state index is 11.7. The average molecular weight is 466 g/mol. The number of halogens is 2. The molecular formula is C16H22Br2N2O4. The number of hydrogen-bond donors (Lipinski definition) is 1. The van der Waals surface area contributed by atoms with E-state index >= 15 is 0 Å². The van der Waals surface area contributed by atoms with Crippen molar-refractivity contribution < 1.29 is 19.4 Å². The Morgan fingerprint density at radius 3 is 2.62 bits per heavy atom. The normalized spacial score (nSPS) is 16.8. The molecule has 1 aromatic carbocycles. The molecule has 1 fully saturated rings. The second kappa shape index (κ2) is 9.60. The highest BCUT2D eigenvalue weighted by Crippen LogP contribution is 2.28. The highest BCUT2D eigenvalue weighted by molar-refractivity contribution is 9.11. The number of nitrogens with zero attached hydrogens (tertiary/aromatic N) is 2. The maximum absolute atomic E-state index is 11.7. The molecule has 0 aliphatic carbocycles. The first-order valence-electron chi connectivity index (χ1n) is 7.89. The van der Waals surface area contributed by atoms with Gasteiger partial charge in [0.1, 0.15) is 18.5 Å². The average Bonchev–Trinajstić information content (AvgIpc) is 2.55. The largest absolute Gasteiger partial charge is 0.490 e. The van der Waals surface area contributed by atoms with Crippen LogP contribution in [-0.2, 0) is 4.74 Å². The number of β-amino-alcohol motifs (C(OH)–C–C–N with tert-alkyl or cyclic N) is 1. The van der Waals surface area contributed by atoms with Crippen molar-refractivity contribution in [2.24, 2.45) is 0 Å². The van der Waals surface area contributed by atoms with Crippen molar-refractivity contribution in [3.05, 3.63) is 27.1 Å². The van der Waals surface area contributed by atoms with Gasteiger partial charge in [-0.15, -0.1) is 0 Å². The molecule has 1 aromatic rings. The highest BCUT2D eigenvalue weighted by atomic mass is 79.9. The number of aliphatic hydroxyl groups excluding tert-OH is 1. The van der Waals surface area contributed by atoms with Crippen LogP contribution >= 0.6 is 31.9 Å². The summed E-state index contributed by atoms with van der Waals surface area (Å²) in [5.41, 5.74) is 0. The Morgan fingerprint density at radius 2 is 2.00 bits per heavy atom. The smallest absolute Gasteiger partial charge is 0.409 e. The fourth-order valence-electron chi connectivity index (χ4n) is 2.46. The number of aliphatic hydroxyl groups is 1. The van der Waals surface area contributed by atoms with E-state index in [0.717, 1.165) is 22.0 Å². The predicted octanol–water partition coefficient (Wildman–Crippen LogP) is 2.73. The molecule has 24 heavy (non-hydrogen) atoms. The van der Waals surface area contributed by atoms with Crippen LogP contribution in [0.1, 0.15) is 6.92 Å². The first-order valence-corrected chi connectivity index (χ1v) is 9.48. The van der Waals surface area contributed by atoms with Crippen LogP contribution in [0.3, 0.4) is 0 Å². The zero-order chi connectivity index (χ0) is 17.5. The van der Waals surface area contributed by atoms with E-state index in [2.05, 4.69) is 36.8 Å². The zero-order valence-electron chi connectivity index (χ0n) is 13.6. The van der Waals surface area contributed by atoms with Gasteiger partial charge in [-0.25, -0.2) is 4.79 Å². The second-order valence-corrected chi connectivity index (χ2v) is 7.30. The lowest BCUT2D eigenvalue weighted by Crippen LogP contribution is -2.51. The first-order chi connectivity index (χ1) is 11.5.